The normalized spacial score (nSPS) is 17.2. The molecule has 3 rings (SSSR count). The number of rotatable bonds is 2. The Bertz CT molecular complexity index is 563. The van der Waals surface area contributed by atoms with Crippen molar-refractivity contribution in [3.05, 3.63) is 60.3 Å². The zero-order chi connectivity index (χ0) is 12.4. The second-order valence-electron chi connectivity index (χ2n) is 4.09. The monoisotopic (exact) mass is 239 g/mol. The number of benzene rings is 1. The molecule has 0 aliphatic carbocycles. The van der Waals surface area contributed by atoms with Gasteiger partial charge < -0.3 is 9.47 Å². The first-order chi connectivity index (χ1) is 8.86. The zero-order valence-electron chi connectivity index (χ0n) is 9.87. The Labute approximate surface area is 106 Å². The average molecular weight is 239 g/mol. The fourth-order valence-corrected chi connectivity index (χ4v) is 1.92. The molecule has 1 aromatic heterocycles. The quantitative estimate of drug-likeness (QED) is 0.806. The minimum absolute atomic E-state index is 0.105. The van der Waals surface area contributed by atoms with Gasteiger partial charge in [0.2, 0.25) is 0 Å². The summed E-state index contributed by atoms with van der Waals surface area (Å²) in [7, 11) is 0. The first-order valence-corrected chi connectivity index (χ1v) is 5.83. The number of ether oxygens (including phenoxy) is 2. The van der Waals surface area contributed by atoms with Gasteiger partial charge in [0.15, 0.2) is 11.9 Å². The molecule has 3 nitrogen and oxygen atoms in total. The number of pyridine rings is 1. The van der Waals surface area contributed by atoms with E-state index >= 15 is 0 Å². The number of aromatic nitrogens is 1. The fraction of sp³-hybridized carbons (Fsp3) is 0.133. The van der Waals surface area contributed by atoms with Gasteiger partial charge in [-0.1, -0.05) is 36.9 Å². The highest BCUT2D eigenvalue weighted by atomic mass is 16.6. The molecule has 0 amide bonds. The molecular weight excluding hydrogens is 226 g/mol. The van der Waals surface area contributed by atoms with E-state index in [4.69, 9.17) is 9.47 Å². The summed E-state index contributed by atoms with van der Waals surface area (Å²) < 4.78 is 11.5. The van der Waals surface area contributed by atoms with Crippen LogP contribution >= 0.6 is 0 Å². The largest absolute Gasteiger partial charge is 0.484 e. The Kier molecular flexibility index (Phi) is 2.73. The minimum Gasteiger partial charge on any atom is -0.484 e. The van der Waals surface area contributed by atoms with Crippen molar-refractivity contribution in [3.8, 4) is 11.6 Å². The van der Waals surface area contributed by atoms with Crippen LogP contribution in [0.1, 0.15) is 17.2 Å². The van der Waals surface area contributed by atoms with Crippen molar-refractivity contribution in [1.29, 1.82) is 0 Å². The highest BCUT2D eigenvalue weighted by Crippen LogP contribution is 2.33. The second kappa shape index (κ2) is 4.53. The van der Waals surface area contributed by atoms with Gasteiger partial charge in [-0.3, -0.25) is 0 Å². The molecule has 2 heterocycles. The first kappa shape index (κ1) is 10.8. The molecule has 90 valence electrons. The molecule has 0 saturated heterocycles. The maximum atomic E-state index is 5.83. The molecule has 18 heavy (non-hydrogen) atoms. The third-order valence-electron chi connectivity index (χ3n) is 2.92. The van der Waals surface area contributed by atoms with Crippen LogP contribution in [-0.4, -0.2) is 11.6 Å². The van der Waals surface area contributed by atoms with E-state index in [0.717, 1.165) is 11.1 Å². The standard InChI is InChI=1S/C15H13NO2/c1-2-11-5-7-12(8-6-11)14-10-17-13-4-3-9-16-15(13)18-14/h2-9,14H,1,10H2. The van der Waals surface area contributed by atoms with Crippen molar-refractivity contribution >= 4 is 6.08 Å². The van der Waals surface area contributed by atoms with Crippen molar-refractivity contribution in [2.24, 2.45) is 0 Å². The van der Waals surface area contributed by atoms with Gasteiger partial charge in [-0.2, -0.15) is 0 Å². The molecule has 1 unspecified atom stereocenters. The Balaban J connectivity index is 1.84. The van der Waals surface area contributed by atoms with E-state index in [-0.39, 0.29) is 6.10 Å². The van der Waals surface area contributed by atoms with Crippen LogP contribution in [0.5, 0.6) is 11.6 Å². The van der Waals surface area contributed by atoms with Gasteiger partial charge >= 0.3 is 0 Å². The van der Waals surface area contributed by atoms with E-state index < -0.39 is 0 Å². The van der Waals surface area contributed by atoms with Gasteiger partial charge in [0.05, 0.1) is 0 Å². The van der Waals surface area contributed by atoms with Gasteiger partial charge in [0.25, 0.3) is 5.88 Å². The summed E-state index contributed by atoms with van der Waals surface area (Å²) in [6.07, 6.45) is 3.41. The van der Waals surface area contributed by atoms with Gasteiger partial charge in [-0.05, 0) is 23.3 Å². The number of fused-ring (bicyclic) bond motifs is 1. The lowest BCUT2D eigenvalue weighted by atomic mass is 10.1. The molecule has 1 aromatic carbocycles. The molecule has 0 spiro atoms. The molecule has 1 atom stereocenters. The maximum absolute atomic E-state index is 5.83. The van der Waals surface area contributed by atoms with Crippen LogP contribution in [0.15, 0.2) is 49.2 Å². The third-order valence-corrected chi connectivity index (χ3v) is 2.92. The first-order valence-electron chi connectivity index (χ1n) is 5.83. The molecule has 0 radical (unpaired) electrons. The van der Waals surface area contributed by atoms with Crippen molar-refractivity contribution in [2.45, 2.75) is 6.10 Å². The lowest BCUT2D eigenvalue weighted by Crippen LogP contribution is -2.22. The van der Waals surface area contributed by atoms with Crippen molar-refractivity contribution in [1.82, 2.24) is 4.98 Å². The molecule has 0 bridgehead atoms. The van der Waals surface area contributed by atoms with E-state index in [0.29, 0.717) is 18.2 Å². The lowest BCUT2D eigenvalue weighted by molar-refractivity contribution is 0.0851. The Morgan fingerprint density at radius 2 is 2.06 bits per heavy atom. The van der Waals surface area contributed by atoms with Crippen molar-refractivity contribution in [2.75, 3.05) is 6.61 Å². The van der Waals surface area contributed by atoms with Crippen LogP contribution in [0.3, 0.4) is 0 Å². The highest BCUT2D eigenvalue weighted by Gasteiger charge is 2.22. The molecular formula is C15H13NO2. The molecule has 0 N–H and O–H groups in total. The SMILES string of the molecule is C=Cc1ccc(C2COc3cccnc3O2)cc1. The number of hydrogen-bond donors (Lipinski definition) is 0. The minimum atomic E-state index is -0.105. The third kappa shape index (κ3) is 1.95. The molecule has 3 heteroatoms. The highest BCUT2D eigenvalue weighted by molar-refractivity contribution is 5.47. The Morgan fingerprint density at radius 1 is 1.22 bits per heavy atom. The summed E-state index contributed by atoms with van der Waals surface area (Å²) in [6, 6.07) is 11.8. The topological polar surface area (TPSA) is 31.4 Å². The second-order valence-corrected chi connectivity index (χ2v) is 4.09. The smallest absolute Gasteiger partial charge is 0.257 e. The Hall–Kier alpha value is -2.29. The molecule has 2 aromatic rings. The van der Waals surface area contributed by atoms with Crippen molar-refractivity contribution in [3.63, 3.8) is 0 Å². The zero-order valence-corrected chi connectivity index (χ0v) is 9.87. The molecule has 0 fully saturated rings. The van der Waals surface area contributed by atoms with E-state index in [1.165, 1.54) is 0 Å². The van der Waals surface area contributed by atoms with Crippen LogP contribution in [0.25, 0.3) is 6.08 Å². The molecule has 1 aliphatic rings. The van der Waals surface area contributed by atoms with Crippen molar-refractivity contribution < 1.29 is 9.47 Å². The van der Waals surface area contributed by atoms with E-state index in [1.807, 2.05) is 42.5 Å². The predicted octanol–water partition coefficient (Wildman–Crippen LogP) is 3.24. The summed E-state index contributed by atoms with van der Waals surface area (Å²) in [5.41, 5.74) is 2.17. The van der Waals surface area contributed by atoms with E-state index in [1.54, 1.807) is 6.20 Å². The van der Waals surface area contributed by atoms with Gasteiger partial charge in [0.1, 0.15) is 6.61 Å². The van der Waals surface area contributed by atoms with Crippen LogP contribution in [0, 0.1) is 0 Å². The van der Waals surface area contributed by atoms with Crippen LogP contribution < -0.4 is 9.47 Å². The predicted molar refractivity (Wildman–Crippen MR) is 69.6 cm³/mol. The summed E-state index contributed by atoms with van der Waals surface area (Å²) >= 11 is 0. The average Bonchev–Trinajstić information content (AvgIpc) is 2.47. The van der Waals surface area contributed by atoms with Crippen LogP contribution in [0.2, 0.25) is 0 Å². The van der Waals surface area contributed by atoms with Gasteiger partial charge in [-0.15, -0.1) is 0 Å². The number of hydrogen-bond acceptors (Lipinski definition) is 3. The molecule has 0 saturated carbocycles. The van der Waals surface area contributed by atoms with Gasteiger partial charge in [-0.25, -0.2) is 4.98 Å². The van der Waals surface area contributed by atoms with E-state index in [2.05, 4.69) is 11.6 Å². The summed E-state index contributed by atoms with van der Waals surface area (Å²) in [5, 5.41) is 0. The lowest BCUT2D eigenvalue weighted by Gasteiger charge is -2.25. The maximum Gasteiger partial charge on any atom is 0.257 e. The number of nitrogens with zero attached hydrogens (tertiary/aromatic N) is 1. The summed E-state index contributed by atoms with van der Waals surface area (Å²) in [5.74, 6) is 1.26. The molecule has 1 aliphatic heterocycles. The summed E-state index contributed by atoms with van der Waals surface area (Å²) in [6.45, 7) is 4.24. The summed E-state index contributed by atoms with van der Waals surface area (Å²) in [4.78, 5) is 4.17. The van der Waals surface area contributed by atoms with Crippen LogP contribution in [0.4, 0.5) is 0 Å². The van der Waals surface area contributed by atoms with Gasteiger partial charge in [0, 0.05) is 6.20 Å². The van der Waals surface area contributed by atoms with Crippen LogP contribution in [-0.2, 0) is 0 Å². The fourth-order valence-electron chi connectivity index (χ4n) is 1.92. The van der Waals surface area contributed by atoms with E-state index in [9.17, 15) is 0 Å². The Morgan fingerprint density at radius 3 is 2.83 bits per heavy atom.